The van der Waals surface area contributed by atoms with Crippen molar-refractivity contribution in [2.24, 2.45) is 10.2 Å². The first-order valence-corrected chi connectivity index (χ1v) is 6.05. The predicted octanol–water partition coefficient (Wildman–Crippen LogP) is 3.92. The van der Waals surface area contributed by atoms with Gasteiger partial charge in [-0.15, -0.1) is 5.11 Å². The van der Waals surface area contributed by atoms with Crippen LogP contribution in [0.5, 0.6) is 0 Å². The van der Waals surface area contributed by atoms with Crippen LogP contribution in [0.1, 0.15) is 6.92 Å². The third kappa shape index (κ3) is 2.36. The lowest BCUT2D eigenvalue weighted by Crippen LogP contribution is -2.12. The maximum atomic E-state index is 9.65. The van der Waals surface area contributed by atoms with E-state index < -0.39 is 0 Å². The van der Waals surface area contributed by atoms with Gasteiger partial charge in [0, 0.05) is 6.20 Å². The van der Waals surface area contributed by atoms with E-state index in [0.29, 0.717) is 17.0 Å². The van der Waals surface area contributed by atoms with Crippen molar-refractivity contribution in [2.45, 2.75) is 6.92 Å². The topological polar surface area (TPSA) is 74.2 Å². The molecule has 0 amide bonds. The third-order valence-electron chi connectivity index (χ3n) is 2.78. The molecule has 1 aromatic carbocycles. The number of rotatable bonds is 2. The van der Waals surface area contributed by atoms with Crippen molar-refractivity contribution in [1.82, 2.24) is 10.0 Å². The molecular formula is C14H12N4O2. The van der Waals surface area contributed by atoms with Crippen molar-refractivity contribution in [3.05, 3.63) is 60.1 Å². The maximum Gasteiger partial charge on any atom is 0.341 e. The molecule has 20 heavy (non-hydrogen) atoms. The second kappa shape index (κ2) is 5.10. The van der Waals surface area contributed by atoms with E-state index in [1.54, 1.807) is 25.2 Å². The zero-order chi connectivity index (χ0) is 13.9. The fraction of sp³-hybridized carbons (Fsp3) is 0.0714. The summed E-state index contributed by atoms with van der Waals surface area (Å²) in [7, 11) is 0. The summed E-state index contributed by atoms with van der Waals surface area (Å²) in [5, 5.41) is 18.6. The number of allylic oxidation sites excluding steroid dienone is 4. The minimum Gasteiger partial charge on any atom is -0.421 e. The number of para-hydroxylation sites is 2. The van der Waals surface area contributed by atoms with Crippen LogP contribution in [-0.2, 0) is 0 Å². The summed E-state index contributed by atoms with van der Waals surface area (Å²) in [4.78, 5) is 4.19. The van der Waals surface area contributed by atoms with E-state index >= 15 is 0 Å². The molecule has 6 heteroatoms. The highest BCUT2D eigenvalue weighted by Crippen LogP contribution is 2.22. The summed E-state index contributed by atoms with van der Waals surface area (Å²) in [6, 6.07) is 7.59. The van der Waals surface area contributed by atoms with Gasteiger partial charge in [0.25, 0.3) is 0 Å². The number of hydrogen-bond acceptors (Lipinski definition) is 6. The number of hydrogen-bond donors (Lipinski definition) is 1. The lowest BCUT2D eigenvalue weighted by Gasteiger charge is -2.16. The van der Waals surface area contributed by atoms with Gasteiger partial charge in [-0.2, -0.15) is 4.98 Å². The van der Waals surface area contributed by atoms with E-state index in [4.69, 9.17) is 4.42 Å². The highest BCUT2D eigenvalue weighted by atomic mass is 16.5. The zero-order valence-corrected chi connectivity index (χ0v) is 10.8. The van der Waals surface area contributed by atoms with Gasteiger partial charge >= 0.3 is 6.01 Å². The number of fused-ring (bicyclic) bond motifs is 1. The predicted molar refractivity (Wildman–Crippen MR) is 73.1 cm³/mol. The molecule has 0 spiro atoms. The van der Waals surface area contributed by atoms with Crippen LogP contribution >= 0.6 is 0 Å². The number of oxazole rings is 1. The largest absolute Gasteiger partial charge is 0.421 e. The molecule has 1 aliphatic rings. The number of benzene rings is 1. The van der Waals surface area contributed by atoms with Gasteiger partial charge in [0.2, 0.25) is 0 Å². The molecule has 100 valence electrons. The first-order valence-electron chi connectivity index (χ1n) is 6.05. The van der Waals surface area contributed by atoms with Gasteiger partial charge in [0.05, 0.1) is 11.4 Å². The van der Waals surface area contributed by atoms with Gasteiger partial charge in [-0.25, -0.2) is 5.06 Å². The van der Waals surface area contributed by atoms with Crippen LogP contribution < -0.4 is 0 Å². The monoisotopic (exact) mass is 268 g/mol. The van der Waals surface area contributed by atoms with E-state index in [1.165, 1.54) is 6.20 Å². The molecule has 2 heterocycles. The Kier molecular flexibility index (Phi) is 3.14. The Morgan fingerprint density at radius 2 is 2.15 bits per heavy atom. The van der Waals surface area contributed by atoms with Gasteiger partial charge in [0.15, 0.2) is 5.58 Å². The number of azo groups is 1. The van der Waals surface area contributed by atoms with E-state index in [0.717, 1.165) is 10.6 Å². The Morgan fingerprint density at radius 3 is 2.95 bits per heavy atom. The normalized spacial score (nSPS) is 17.4. The first kappa shape index (κ1) is 12.3. The fourth-order valence-corrected chi connectivity index (χ4v) is 1.79. The van der Waals surface area contributed by atoms with Crippen molar-refractivity contribution in [2.75, 3.05) is 0 Å². The first-order chi connectivity index (χ1) is 9.74. The zero-order valence-electron chi connectivity index (χ0n) is 10.8. The molecule has 1 aromatic heterocycles. The molecule has 0 atom stereocenters. The SMILES string of the molecule is C/C(N=Nc1nc2ccccc2o1)=C1/C=CC=CN1O. The maximum absolute atomic E-state index is 9.65. The summed E-state index contributed by atoms with van der Waals surface area (Å²) in [5.74, 6) is 0. The standard InChI is InChI=1S/C14H12N4O2/c1-10(12-7-4-5-9-18(12)19)16-17-14-15-11-6-2-3-8-13(11)20-14/h2-9,19H,1H3/b12-10+,17-16?. The molecular weight excluding hydrogens is 256 g/mol. The Labute approximate surface area is 115 Å². The molecule has 0 fully saturated rings. The molecule has 0 saturated carbocycles. The van der Waals surface area contributed by atoms with Gasteiger partial charge in [-0.05, 0) is 31.2 Å². The molecule has 1 N–H and O–H groups in total. The van der Waals surface area contributed by atoms with Crippen molar-refractivity contribution in [3.63, 3.8) is 0 Å². The van der Waals surface area contributed by atoms with Crippen LogP contribution in [-0.4, -0.2) is 15.3 Å². The van der Waals surface area contributed by atoms with Crippen LogP contribution in [0, 0.1) is 0 Å². The molecule has 0 saturated heterocycles. The molecule has 0 aliphatic carbocycles. The van der Waals surface area contributed by atoms with Crippen molar-refractivity contribution >= 4 is 17.1 Å². The number of nitrogens with zero attached hydrogens (tertiary/aromatic N) is 4. The molecule has 1 aliphatic heterocycles. The van der Waals surface area contributed by atoms with Crippen molar-refractivity contribution < 1.29 is 9.62 Å². The minimum absolute atomic E-state index is 0.186. The van der Waals surface area contributed by atoms with Gasteiger partial charge in [-0.3, -0.25) is 5.21 Å². The minimum atomic E-state index is 0.186. The second-order valence-electron chi connectivity index (χ2n) is 4.18. The summed E-state index contributed by atoms with van der Waals surface area (Å²) in [5.41, 5.74) is 2.50. The summed E-state index contributed by atoms with van der Waals surface area (Å²) >= 11 is 0. The van der Waals surface area contributed by atoms with Crippen LogP contribution in [0.25, 0.3) is 11.1 Å². The molecule has 6 nitrogen and oxygen atoms in total. The van der Waals surface area contributed by atoms with Crippen LogP contribution in [0.4, 0.5) is 6.01 Å². The molecule has 2 aromatic rings. The van der Waals surface area contributed by atoms with E-state index in [-0.39, 0.29) is 6.01 Å². The summed E-state index contributed by atoms with van der Waals surface area (Å²) in [6.45, 7) is 1.74. The lowest BCUT2D eigenvalue weighted by atomic mass is 10.2. The summed E-state index contributed by atoms with van der Waals surface area (Å²) in [6.07, 6.45) is 6.78. The van der Waals surface area contributed by atoms with Crippen LogP contribution in [0.3, 0.4) is 0 Å². The molecule has 3 rings (SSSR count). The third-order valence-corrected chi connectivity index (χ3v) is 2.78. The summed E-state index contributed by atoms with van der Waals surface area (Å²) < 4.78 is 5.43. The lowest BCUT2D eigenvalue weighted by molar-refractivity contribution is -0.00149. The highest BCUT2D eigenvalue weighted by molar-refractivity contribution is 5.73. The number of aromatic nitrogens is 1. The average Bonchev–Trinajstić information content (AvgIpc) is 2.88. The quantitative estimate of drug-likeness (QED) is 0.838. The van der Waals surface area contributed by atoms with E-state index in [1.807, 2.05) is 24.3 Å². The average molecular weight is 268 g/mol. The molecule has 0 unspecified atom stereocenters. The highest BCUT2D eigenvalue weighted by Gasteiger charge is 2.08. The van der Waals surface area contributed by atoms with Crippen molar-refractivity contribution in [3.8, 4) is 0 Å². The van der Waals surface area contributed by atoms with Crippen molar-refractivity contribution in [1.29, 1.82) is 0 Å². The fourth-order valence-electron chi connectivity index (χ4n) is 1.79. The Hall–Kier alpha value is -2.73. The molecule has 0 radical (unpaired) electrons. The van der Waals surface area contributed by atoms with Crippen LogP contribution in [0.2, 0.25) is 0 Å². The van der Waals surface area contributed by atoms with E-state index in [9.17, 15) is 5.21 Å². The van der Waals surface area contributed by atoms with Gasteiger partial charge < -0.3 is 4.42 Å². The Morgan fingerprint density at radius 1 is 1.30 bits per heavy atom. The smallest absolute Gasteiger partial charge is 0.341 e. The number of hydroxylamine groups is 2. The Bertz CT molecular complexity index is 722. The van der Waals surface area contributed by atoms with Gasteiger partial charge in [0.1, 0.15) is 5.52 Å². The van der Waals surface area contributed by atoms with Gasteiger partial charge in [-0.1, -0.05) is 23.3 Å². The van der Waals surface area contributed by atoms with Crippen LogP contribution in [0.15, 0.2) is 74.7 Å². The van der Waals surface area contributed by atoms with E-state index in [2.05, 4.69) is 15.2 Å². The molecule has 0 bridgehead atoms. The second-order valence-corrected chi connectivity index (χ2v) is 4.18. The Balaban J connectivity index is 1.88.